The monoisotopic (exact) mass is 814 g/mol. The van der Waals surface area contributed by atoms with Crippen molar-refractivity contribution in [3.63, 3.8) is 0 Å². The van der Waals surface area contributed by atoms with Gasteiger partial charge in [0.1, 0.15) is 0 Å². The van der Waals surface area contributed by atoms with E-state index in [-0.39, 0.29) is 31.6 Å². The van der Waals surface area contributed by atoms with Crippen LogP contribution in [-0.4, -0.2) is 9.97 Å². The number of aryl methyl sites for hydroxylation is 1. The van der Waals surface area contributed by atoms with Crippen molar-refractivity contribution in [2.24, 2.45) is 11.3 Å². The maximum Gasteiger partial charge on any atom is 0.0321 e. The van der Waals surface area contributed by atoms with Gasteiger partial charge in [0, 0.05) is 47.8 Å². The van der Waals surface area contributed by atoms with Gasteiger partial charge in [-0.1, -0.05) is 114 Å². The third-order valence-corrected chi connectivity index (χ3v) is 7.31. The molecule has 0 saturated heterocycles. The van der Waals surface area contributed by atoms with E-state index in [1.807, 2.05) is 132 Å². The van der Waals surface area contributed by atoms with Crippen LogP contribution in [0.1, 0.15) is 66.5 Å². The Morgan fingerprint density at radius 1 is 0.750 bits per heavy atom. The smallest absolute Gasteiger partial charge is 0.0321 e. The minimum absolute atomic E-state index is 0. The molecule has 48 heavy (non-hydrogen) atoms. The molecule has 0 saturated carbocycles. The standard InChI is InChI=1S/C23H24N.C22H22N.Ir/c1-16(2)12-19-10-11-23(24-15-19)22-14-21(17(3)13-18(22)4)20-8-6-5-7-9-20;1-22(2,3)16-17-9-11-18(12-10-17)20-13-14-23-21(15-20)19-7-5-4-6-8-19;/h5-11,13-16H,4,12H2,1-3H3;4-7,9-15H,16H2,1-3H3;/q2*-1;/i3D3,12D2;16D2;. The molecular weight excluding hydrogens is 761 g/mol. The van der Waals surface area contributed by atoms with Crippen LogP contribution >= 0.6 is 0 Å². The van der Waals surface area contributed by atoms with E-state index in [0.717, 1.165) is 33.5 Å². The van der Waals surface area contributed by atoms with Crippen LogP contribution in [0.25, 0.3) is 44.8 Å². The fraction of sp³-hybridized carbons (Fsp3) is 0.222. The maximum atomic E-state index is 8.39. The Bertz CT molecular complexity index is 2160. The molecule has 0 fully saturated rings. The maximum absolute atomic E-state index is 8.39. The Hall–Kier alpha value is -4.30. The number of nitrogens with zero attached hydrogens (tertiary/aromatic N) is 2. The molecule has 2 nitrogen and oxygen atoms in total. The van der Waals surface area contributed by atoms with Crippen molar-refractivity contribution < 1.29 is 29.7 Å². The molecule has 0 aliphatic heterocycles. The molecule has 0 bridgehead atoms. The third kappa shape index (κ3) is 10.1. The SMILES string of the molecule is [2H]C([2H])([2H])c1cc([CH2-])c(-c2ccc(C([2H])([2H])C(C)C)cn2)cc1-c1ccccc1.[2H]C([2H])(c1ccc(-c2ccnc(-c3[c-]cccc3)c2)cc1)C(C)(C)C.[Ir]. The van der Waals surface area contributed by atoms with Crippen LogP contribution in [0.3, 0.4) is 0 Å². The molecule has 0 aliphatic carbocycles. The van der Waals surface area contributed by atoms with Crippen LogP contribution < -0.4 is 0 Å². The van der Waals surface area contributed by atoms with Crippen LogP contribution in [0.2, 0.25) is 0 Å². The zero-order valence-electron chi connectivity index (χ0n) is 35.1. The quantitative estimate of drug-likeness (QED) is 0.150. The van der Waals surface area contributed by atoms with Gasteiger partial charge in [0.05, 0.1) is 0 Å². The van der Waals surface area contributed by atoms with Crippen LogP contribution in [0, 0.1) is 31.2 Å². The van der Waals surface area contributed by atoms with Gasteiger partial charge in [0.2, 0.25) is 0 Å². The normalized spacial score (nSPS) is 14.0. The molecule has 2 aromatic heterocycles. The molecule has 0 aliphatic rings. The first-order chi connectivity index (χ1) is 25.3. The van der Waals surface area contributed by atoms with E-state index in [9.17, 15) is 0 Å². The fourth-order valence-electron chi connectivity index (χ4n) is 5.20. The van der Waals surface area contributed by atoms with Gasteiger partial charge in [0.25, 0.3) is 0 Å². The summed E-state index contributed by atoms with van der Waals surface area (Å²) in [6.45, 7) is 11.2. The van der Waals surface area contributed by atoms with E-state index in [0.29, 0.717) is 27.9 Å². The summed E-state index contributed by atoms with van der Waals surface area (Å²) in [6.07, 6.45) is 0.496. The molecule has 0 spiro atoms. The number of aromatic nitrogens is 2. The number of pyridine rings is 2. The minimum atomic E-state index is -2.26. The first kappa shape index (κ1) is 27.6. The predicted molar refractivity (Wildman–Crippen MR) is 200 cm³/mol. The number of rotatable bonds is 7. The first-order valence-corrected chi connectivity index (χ1v) is 15.9. The van der Waals surface area contributed by atoms with Crippen molar-refractivity contribution >= 4 is 0 Å². The Kier molecular flexibility index (Phi) is 9.61. The molecule has 0 N–H and O–H groups in total. The predicted octanol–water partition coefficient (Wildman–Crippen LogP) is 11.9. The van der Waals surface area contributed by atoms with Gasteiger partial charge in [0.15, 0.2) is 0 Å². The van der Waals surface area contributed by atoms with Crippen molar-refractivity contribution in [2.75, 3.05) is 0 Å². The second-order valence-corrected chi connectivity index (χ2v) is 12.8. The summed E-state index contributed by atoms with van der Waals surface area (Å²) < 4.78 is 57.0. The average molecular weight is 814 g/mol. The van der Waals surface area contributed by atoms with Crippen LogP contribution in [0.15, 0.2) is 128 Å². The molecule has 3 heteroatoms. The molecular formula is C45H46IrN2-2. The van der Waals surface area contributed by atoms with Gasteiger partial charge in [-0.3, -0.25) is 4.98 Å². The Morgan fingerprint density at radius 2 is 1.48 bits per heavy atom. The molecule has 1 radical (unpaired) electrons. The van der Waals surface area contributed by atoms with E-state index >= 15 is 0 Å². The van der Waals surface area contributed by atoms with Gasteiger partial charge in [-0.2, -0.15) is 18.6 Å². The second kappa shape index (κ2) is 16.7. The Morgan fingerprint density at radius 3 is 2.10 bits per heavy atom. The van der Waals surface area contributed by atoms with Gasteiger partial charge < -0.3 is 4.98 Å². The molecule has 0 unspecified atom stereocenters. The van der Waals surface area contributed by atoms with E-state index in [1.54, 1.807) is 30.6 Å². The van der Waals surface area contributed by atoms with E-state index in [1.165, 1.54) is 0 Å². The number of hydrogen-bond donors (Lipinski definition) is 0. The van der Waals surface area contributed by atoms with Crippen molar-refractivity contribution in [1.29, 1.82) is 0 Å². The molecule has 2 heterocycles. The molecule has 6 rings (SSSR count). The molecule has 6 aromatic rings. The van der Waals surface area contributed by atoms with E-state index in [4.69, 9.17) is 9.60 Å². The van der Waals surface area contributed by atoms with Crippen LogP contribution in [-0.2, 0) is 32.9 Å². The van der Waals surface area contributed by atoms with Gasteiger partial charge in [-0.25, -0.2) is 0 Å². The summed E-state index contributed by atoms with van der Waals surface area (Å²) in [5.41, 5.74) is 8.34. The molecule has 0 atom stereocenters. The van der Waals surface area contributed by atoms with Gasteiger partial charge >= 0.3 is 0 Å². The summed E-state index contributed by atoms with van der Waals surface area (Å²) in [7, 11) is 0. The largest absolute Gasteiger partial charge is 0.305 e. The Balaban J connectivity index is 0.000000243. The molecule has 4 aromatic carbocycles. The zero-order chi connectivity index (χ0) is 39.5. The van der Waals surface area contributed by atoms with E-state index < -0.39 is 25.0 Å². The van der Waals surface area contributed by atoms with Crippen molar-refractivity contribution in [2.45, 2.75) is 54.2 Å². The van der Waals surface area contributed by atoms with Gasteiger partial charge in [-0.05, 0) is 75.3 Å². The number of benzene rings is 4. The number of hydrogen-bond acceptors (Lipinski definition) is 2. The fourth-order valence-corrected chi connectivity index (χ4v) is 5.20. The van der Waals surface area contributed by atoms with Crippen LogP contribution in [0.4, 0.5) is 0 Å². The van der Waals surface area contributed by atoms with Crippen molar-refractivity contribution in [3.8, 4) is 44.8 Å². The first-order valence-electron chi connectivity index (χ1n) is 19.4. The molecule has 247 valence electrons. The summed E-state index contributed by atoms with van der Waals surface area (Å²) in [5.74, 6) is -0.179. The third-order valence-electron chi connectivity index (χ3n) is 7.31. The zero-order valence-corrected chi connectivity index (χ0v) is 30.5. The summed E-state index contributed by atoms with van der Waals surface area (Å²) >= 11 is 0. The topological polar surface area (TPSA) is 25.8 Å². The summed E-state index contributed by atoms with van der Waals surface area (Å²) in [4.78, 5) is 8.90. The molecule has 0 amide bonds. The van der Waals surface area contributed by atoms with Crippen LogP contribution in [0.5, 0.6) is 0 Å². The van der Waals surface area contributed by atoms with Crippen molar-refractivity contribution in [1.82, 2.24) is 9.97 Å². The summed E-state index contributed by atoms with van der Waals surface area (Å²) in [6, 6.07) is 39.0. The van der Waals surface area contributed by atoms with Crippen molar-refractivity contribution in [3.05, 3.63) is 163 Å². The minimum Gasteiger partial charge on any atom is -0.305 e. The Labute approximate surface area is 311 Å². The summed E-state index contributed by atoms with van der Waals surface area (Å²) in [5, 5.41) is 0. The van der Waals surface area contributed by atoms with E-state index in [2.05, 4.69) is 23.0 Å². The average Bonchev–Trinajstić information content (AvgIpc) is 3.15. The second-order valence-electron chi connectivity index (χ2n) is 12.8. The van der Waals surface area contributed by atoms with Gasteiger partial charge in [-0.15, -0.1) is 47.5 Å².